The number of thiazole rings is 1. The monoisotopic (exact) mass is 308 g/mol. The van der Waals surface area contributed by atoms with E-state index in [1.807, 2.05) is 0 Å². The summed E-state index contributed by atoms with van der Waals surface area (Å²) in [5.41, 5.74) is 1.17. The quantitative estimate of drug-likeness (QED) is 0.856. The van der Waals surface area contributed by atoms with Gasteiger partial charge in [0.15, 0.2) is 4.80 Å². The minimum absolute atomic E-state index is 0.00851. The summed E-state index contributed by atoms with van der Waals surface area (Å²) in [7, 11) is 0. The first-order valence-corrected chi connectivity index (χ1v) is 7.39. The van der Waals surface area contributed by atoms with Crippen LogP contribution in [0.2, 0.25) is 0 Å². The van der Waals surface area contributed by atoms with Crippen LogP contribution in [0.15, 0.2) is 18.2 Å². The second kappa shape index (κ2) is 6.53. The zero-order valence-electron chi connectivity index (χ0n) is 11.8. The molecule has 6 nitrogen and oxygen atoms in total. The summed E-state index contributed by atoms with van der Waals surface area (Å²) in [6.07, 6.45) is 0. The first-order valence-electron chi connectivity index (χ1n) is 6.57. The molecule has 0 radical (unpaired) electrons. The van der Waals surface area contributed by atoms with Gasteiger partial charge in [0.05, 0.1) is 29.0 Å². The van der Waals surface area contributed by atoms with Gasteiger partial charge in [0, 0.05) is 0 Å². The summed E-state index contributed by atoms with van der Waals surface area (Å²) in [4.78, 5) is 23.5. The molecule has 7 heteroatoms. The van der Waals surface area contributed by atoms with Gasteiger partial charge < -0.3 is 14.0 Å². The Balaban J connectivity index is 2.37. The summed E-state index contributed by atoms with van der Waals surface area (Å²) in [5, 5.41) is 7.94. The Bertz CT molecular complexity index is 732. The average Bonchev–Trinajstić information content (AvgIpc) is 2.75. The van der Waals surface area contributed by atoms with Crippen LogP contribution in [0, 0.1) is 5.41 Å². The highest BCUT2D eigenvalue weighted by Crippen LogP contribution is 2.19. The molecule has 1 aromatic carbocycles. The number of aromatic nitrogens is 1. The van der Waals surface area contributed by atoms with Crippen molar-refractivity contribution in [1.82, 2.24) is 4.57 Å². The highest BCUT2D eigenvalue weighted by molar-refractivity contribution is 7.16. The molecule has 0 spiro atoms. The fourth-order valence-electron chi connectivity index (χ4n) is 1.92. The molecule has 0 unspecified atom stereocenters. The van der Waals surface area contributed by atoms with E-state index in [-0.39, 0.29) is 17.3 Å². The molecule has 0 saturated heterocycles. The molecule has 2 rings (SSSR count). The zero-order chi connectivity index (χ0) is 15.4. The van der Waals surface area contributed by atoms with Crippen LogP contribution in [0.4, 0.5) is 0 Å². The fraction of sp³-hybridized carbons (Fsp3) is 0.357. The highest BCUT2D eigenvalue weighted by atomic mass is 32.1. The number of fused-ring (bicyclic) bond motifs is 1. The number of esters is 2. The van der Waals surface area contributed by atoms with Crippen LogP contribution in [0.5, 0.6) is 0 Å². The van der Waals surface area contributed by atoms with E-state index in [1.54, 1.807) is 36.6 Å². The van der Waals surface area contributed by atoms with Crippen molar-refractivity contribution in [3.8, 4) is 0 Å². The third kappa shape index (κ3) is 3.30. The van der Waals surface area contributed by atoms with Crippen molar-refractivity contribution in [2.24, 2.45) is 0 Å². The van der Waals surface area contributed by atoms with Gasteiger partial charge >= 0.3 is 11.9 Å². The third-order valence-corrected chi connectivity index (χ3v) is 3.77. The van der Waals surface area contributed by atoms with E-state index in [0.717, 1.165) is 10.2 Å². The molecule has 0 bridgehead atoms. The van der Waals surface area contributed by atoms with Gasteiger partial charge in [0.2, 0.25) is 0 Å². The molecule has 1 N–H and O–H groups in total. The lowest BCUT2D eigenvalue weighted by atomic mass is 10.2. The van der Waals surface area contributed by atoms with Crippen molar-refractivity contribution >= 4 is 33.5 Å². The first-order chi connectivity index (χ1) is 10.1. The molecule has 0 aliphatic carbocycles. The Kier molecular flexibility index (Phi) is 4.74. The van der Waals surface area contributed by atoms with E-state index >= 15 is 0 Å². The van der Waals surface area contributed by atoms with E-state index in [4.69, 9.17) is 14.9 Å². The van der Waals surface area contributed by atoms with Gasteiger partial charge in [-0.3, -0.25) is 10.2 Å². The number of carbonyl (C=O) groups excluding carboxylic acids is 2. The maximum atomic E-state index is 11.7. The van der Waals surface area contributed by atoms with E-state index in [0.29, 0.717) is 18.8 Å². The van der Waals surface area contributed by atoms with Gasteiger partial charge in [-0.05, 0) is 32.0 Å². The maximum Gasteiger partial charge on any atom is 0.338 e. The SMILES string of the molecule is CCOC(=O)Cn1c(=N)sc2cc(C(=O)OCC)ccc21. The van der Waals surface area contributed by atoms with Crippen molar-refractivity contribution in [3.05, 3.63) is 28.6 Å². The Morgan fingerprint density at radius 2 is 1.95 bits per heavy atom. The molecule has 0 aliphatic heterocycles. The van der Waals surface area contributed by atoms with Crippen LogP contribution in [0.25, 0.3) is 10.2 Å². The number of hydrogen-bond donors (Lipinski definition) is 1. The van der Waals surface area contributed by atoms with Gasteiger partial charge in [-0.1, -0.05) is 11.3 Å². The number of carbonyl (C=O) groups is 2. The molecule has 0 amide bonds. The lowest BCUT2D eigenvalue weighted by molar-refractivity contribution is -0.143. The fourth-order valence-corrected chi connectivity index (χ4v) is 2.87. The Morgan fingerprint density at radius 3 is 2.62 bits per heavy atom. The molecule has 1 heterocycles. The van der Waals surface area contributed by atoms with Crippen LogP contribution in [0.3, 0.4) is 0 Å². The normalized spacial score (nSPS) is 10.6. The number of benzene rings is 1. The largest absolute Gasteiger partial charge is 0.465 e. The predicted octanol–water partition coefficient (Wildman–Crippen LogP) is 1.92. The van der Waals surface area contributed by atoms with Crippen LogP contribution < -0.4 is 4.80 Å². The second-order valence-corrected chi connectivity index (χ2v) is 5.23. The molecule has 0 saturated carbocycles. The number of nitrogens with zero attached hydrogens (tertiary/aromatic N) is 1. The summed E-state index contributed by atoms with van der Waals surface area (Å²) in [5.74, 6) is -0.776. The molecule has 21 heavy (non-hydrogen) atoms. The Morgan fingerprint density at radius 1 is 1.24 bits per heavy atom. The minimum Gasteiger partial charge on any atom is -0.465 e. The van der Waals surface area contributed by atoms with E-state index in [2.05, 4.69) is 0 Å². The Labute approximate surface area is 125 Å². The number of ether oxygens (including phenoxy) is 2. The summed E-state index contributed by atoms with van der Waals surface area (Å²) >= 11 is 1.20. The van der Waals surface area contributed by atoms with Crippen molar-refractivity contribution in [1.29, 1.82) is 5.41 Å². The van der Waals surface area contributed by atoms with Crippen molar-refractivity contribution < 1.29 is 19.1 Å². The lowest BCUT2D eigenvalue weighted by Gasteiger charge is -2.05. The van der Waals surface area contributed by atoms with E-state index in [1.165, 1.54) is 11.3 Å². The molecule has 0 aliphatic rings. The van der Waals surface area contributed by atoms with Gasteiger partial charge in [-0.2, -0.15) is 0 Å². The smallest absolute Gasteiger partial charge is 0.338 e. The third-order valence-electron chi connectivity index (χ3n) is 2.81. The van der Waals surface area contributed by atoms with Gasteiger partial charge in [-0.25, -0.2) is 4.79 Å². The molecule has 2 aromatic rings. The number of hydrogen-bond acceptors (Lipinski definition) is 6. The predicted molar refractivity (Wildman–Crippen MR) is 78.3 cm³/mol. The molecular weight excluding hydrogens is 292 g/mol. The van der Waals surface area contributed by atoms with E-state index < -0.39 is 5.97 Å². The van der Waals surface area contributed by atoms with Crippen LogP contribution >= 0.6 is 11.3 Å². The van der Waals surface area contributed by atoms with Gasteiger partial charge in [0.1, 0.15) is 6.54 Å². The average molecular weight is 308 g/mol. The molecule has 1 aromatic heterocycles. The number of nitrogens with one attached hydrogen (secondary N) is 1. The summed E-state index contributed by atoms with van der Waals surface area (Å²) in [6.45, 7) is 4.10. The lowest BCUT2D eigenvalue weighted by Crippen LogP contribution is -2.21. The van der Waals surface area contributed by atoms with Gasteiger partial charge in [0.25, 0.3) is 0 Å². The van der Waals surface area contributed by atoms with Gasteiger partial charge in [-0.15, -0.1) is 0 Å². The molecule has 0 atom stereocenters. The van der Waals surface area contributed by atoms with Crippen LogP contribution in [-0.4, -0.2) is 29.7 Å². The highest BCUT2D eigenvalue weighted by Gasteiger charge is 2.13. The molecule has 112 valence electrons. The maximum absolute atomic E-state index is 11.7. The summed E-state index contributed by atoms with van der Waals surface area (Å²) in [6, 6.07) is 5.03. The Hall–Kier alpha value is -2.15. The first kappa shape index (κ1) is 15.2. The second-order valence-electron chi connectivity index (χ2n) is 4.20. The zero-order valence-corrected chi connectivity index (χ0v) is 12.7. The minimum atomic E-state index is -0.392. The number of rotatable bonds is 5. The molecule has 0 fully saturated rings. The standard InChI is InChI=1S/C14H16N2O4S/c1-3-19-12(17)8-16-10-6-5-9(13(18)20-4-2)7-11(10)21-14(16)15/h5-7,15H,3-4,8H2,1-2H3. The van der Waals surface area contributed by atoms with Crippen molar-refractivity contribution in [2.75, 3.05) is 13.2 Å². The summed E-state index contributed by atoms with van der Waals surface area (Å²) < 4.78 is 12.2. The van der Waals surface area contributed by atoms with Crippen LogP contribution in [0.1, 0.15) is 24.2 Å². The van der Waals surface area contributed by atoms with Crippen molar-refractivity contribution in [2.45, 2.75) is 20.4 Å². The topological polar surface area (TPSA) is 81.4 Å². The van der Waals surface area contributed by atoms with Crippen molar-refractivity contribution in [3.63, 3.8) is 0 Å². The van der Waals surface area contributed by atoms with E-state index in [9.17, 15) is 9.59 Å². The van der Waals surface area contributed by atoms with Crippen LogP contribution in [-0.2, 0) is 20.8 Å². The molecular formula is C14H16N2O4S.